The lowest BCUT2D eigenvalue weighted by Crippen LogP contribution is -2.42. The third-order valence-corrected chi connectivity index (χ3v) is 2.93. The molecule has 2 rings (SSSR count). The van der Waals surface area contributed by atoms with Gasteiger partial charge < -0.3 is 10.2 Å². The van der Waals surface area contributed by atoms with E-state index < -0.39 is 23.5 Å². The number of carbonyl (C=O) groups is 2. The van der Waals surface area contributed by atoms with E-state index in [1.165, 1.54) is 26.0 Å². The molecule has 1 aliphatic rings. The molecular formula is C13H15NO5. The number of aliphatic hydroxyl groups is 2. The second-order valence-corrected chi connectivity index (χ2v) is 4.92. The fourth-order valence-electron chi connectivity index (χ4n) is 1.63. The van der Waals surface area contributed by atoms with Crippen molar-refractivity contribution in [3.05, 3.63) is 35.4 Å². The van der Waals surface area contributed by atoms with E-state index in [4.69, 9.17) is 4.84 Å². The molecule has 19 heavy (non-hydrogen) atoms. The summed E-state index contributed by atoms with van der Waals surface area (Å²) in [4.78, 5) is 28.8. The maximum absolute atomic E-state index is 11.9. The number of hydroxylamine groups is 2. The van der Waals surface area contributed by atoms with Crippen LogP contribution in [-0.4, -0.2) is 45.4 Å². The first-order chi connectivity index (χ1) is 8.82. The summed E-state index contributed by atoms with van der Waals surface area (Å²) in [6, 6.07) is 6.37. The van der Waals surface area contributed by atoms with E-state index in [1.54, 1.807) is 12.1 Å². The predicted molar refractivity (Wildman–Crippen MR) is 65.2 cm³/mol. The molecule has 1 heterocycles. The van der Waals surface area contributed by atoms with Crippen LogP contribution >= 0.6 is 0 Å². The number of rotatable bonds is 4. The highest BCUT2D eigenvalue weighted by molar-refractivity contribution is 6.20. The Kier molecular flexibility index (Phi) is 3.40. The van der Waals surface area contributed by atoms with Crippen molar-refractivity contribution in [1.29, 1.82) is 0 Å². The first kappa shape index (κ1) is 13.7. The topological polar surface area (TPSA) is 87.1 Å². The molecule has 102 valence electrons. The van der Waals surface area contributed by atoms with Crippen molar-refractivity contribution < 1.29 is 24.6 Å². The minimum Gasteiger partial charge on any atom is -0.388 e. The van der Waals surface area contributed by atoms with Gasteiger partial charge >= 0.3 is 0 Å². The largest absolute Gasteiger partial charge is 0.388 e. The molecule has 1 atom stereocenters. The number of hydrogen-bond acceptors (Lipinski definition) is 5. The summed E-state index contributed by atoms with van der Waals surface area (Å²) in [5, 5.41) is 19.8. The normalized spacial score (nSPS) is 16.7. The zero-order valence-electron chi connectivity index (χ0n) is 10.7. The van der Waals surface area contributed by atoms with E-state index in [2.05, 4.69) is 0 Å². The predicted octanol–water partition coefficient (Wildman–Crippen LogP) is 0.346. The number of carbonyl (C=O) groups excluding carboxylic acids is 2. The summed E-state index contributed by atoms with van der Waals surface area (Å²) in [6.07, 6.45) is -1.21. The van der Waals surface area contributed by atoms with Crippen LogP contribution in [0.2, 0.25) is 0 Å². The van der Waals surface area contributed by atoms with Crippen molar-refractivity contribution in [2.75, 3.05) is 6.61 Å². The van der Waals surface area contributed by atoms with Crippen LogP contribution in [0.5, 0.6) is 0 Å². The highest BCUT2D eigenvalue weighted by atomic mass is 16.7. The van der Waals surface area contributed by atoms with E-state index >= 15 is 0 Å². The summed E-state index contributed by atoms with van der Waals surface area (Å²) >= 11 is 0. The Bertz CT molecular complexity index is 485. The Labute approximate surface area is 110 Å². The van der Waals surface area contributed by atoms with Crippen LogP contribution in [0.1, 0.15) is 34.6 Å². The van der Waals surface area contributed by atoms with E-state index in [-0.39, 0.29) is 17.7 Å². The highest BCUT2D eigenvalue weighted by Gasteiger charge is 2.37. The van der Waals surface area contributed by atoms with Crippen molar-refractivity contribution >= 4 is 11.8 Å². The van der Waals surface area contributed by atoms with Crippen LogP contribution in [0.3, 0.4) is 0 Å². The molecule has 0 fully saturated rings. The van der Waals surface area contributed by atoms with Crippen LogP contribution in [0.4, 0.5) is 0 Å². The van der Waals surface area contributed by atoms with Crippen LogP contribution < -0.4 is 0 Å². The average molecular weight is 265 g/mol. The summed E-state index contributed by atoms with van der Waals surface area (Å²) in [6.45, 7) is 2.46. The number of aliphatic hydroxyl groups excluding tert-OH is 1. The molecule has 0 saturated heterocycles. The van der Waals surface area contributed by atoms with Crippen molar-refractivity contribution in [3.8, 4) is 0 Å². The minimum absolute atomic E-state index is 0.269. The van der Waals surface area contributed by atoms with Gasteiger partial charge in [-0.1, -0.05) is 12.1 Å². The molecule has 0 aliphatic carbocycles. The number of amides is 2. The average Bonchev–Trinajstić information content (AvgIpc) is 2.59. The molecule has 2 N–H and O–H groups in total. The molecule has 1 aromatic carbocycles. The Morgan fingerprint density at radius 2 is 1.68 bits per heavy atom. The van der Waals surface area contributed by atoms with Gasteiger partial charge in [0.2, 0.25) is 0 Å². The zero-order valence-corrected chi connectivity index (χ0v) is 10.7. The van der Waals surface area contributed by atoms with Gasteiger partial charge in [-0.05, 0) is 26.0 Å². The Hall–Kier alpha value is -1.76. The molecular weight excluding hydrogens is 250 g/mol. The summed E-state index contributed by atoms with van der Waals surface area (Å²) < 4.78 is 0. The molecule has 1 aromatic rings. The van der Waals surface area contributed by atoms with Gasteiger partial charge in [-0.25, -0.2) is 0 Å². The molecule has 0 spiro atoms. The number of benzene rings is 1. The number of hydrogen-bond donors (Lipinski definition) is 2. The standard InChI is InChI=1S/C13H15NO5/c1-13(2,18)10(15)7-19-14-11(16)8-5-3-4-6-9(8)12(14)17/h3-6,10,15,18H,7H2,1-2H3. The fourth-order valence-corrected chi connectivity index (χ4v) is 1.63. The first-order valence-electron chi connectivity index (χ1n) is 5.83. The van der Waals surface area contributed by atoms with Crippen LogP contribution in [-0.2, 0) is 4.84 Å². The fraction of sp³-hybridized carbons (Fsp3) is 0.385. The van der Waals surface area contributed by atoms with Gasteiger partial charge in [0, 0.05) is 0 Å². The molecule has 6 nitrogen and oxygen atoms in total. The van der Waals surface area contributed by atoms with Crippen LogP contribution in [0.25, 0.3) is 0 Å². The van der Waals surface area contributed by atoms with Crippen molar-refractivity contribution in [2.45, 2.75) is 25.6 Å². The van der Waals surface area contributed by atoms with E-state index in [1.807, 2.05) is 0 Å². The molecule has 1 aliphatic heterocycles. The SMILES string of the molecule is CC(C)(O)C(O)CON1C(=O)c2ccccc2C1=O. The number of fused-ring (bicyclic) bond motifs is 1. The molecule has 1 unspecified atom stereocenters. The van der Waals surface area contributed by atoms with E-state index in [0.717, 1.165) is 0 Å². The number of nitrogens with zero attached hydrogens (tertiary/aromatic N) is 1. The van der Waals surface area contributed by atoms with Gasteiger partial charge in [-0.3, -0.25) is 14.4 Å². The second-order valence-electron chi connectivity index (χ2n) is 4.92. The van der Waals surface area contributed by atoms with Crippen molar-refractivity contribution in [1.82, 2.24) is 5.06 Å². The Morgan fingerprint density at radius 3 is 2.11 bits per heavy atom. The van der Waals surface area contributed by atoms with Crippen molar-refractivity contribution in [2.24, 2.45) is 0 Å². The lowest BCUT2D eigenvalue weighted by Gasteiger charge is -2.25. The monoisotopic (exact) mass is 265 g/mol. The molecule has 6 heteroatoms. The van der Waals surface area contributed by atoms with Gasteiger partial charge in [0.1, 0.15) is 12.7 Å². The Morgan fingerprint density at radius 1 is 1.21 bits per heavy atom. The molecule has 2 amide bonds. The highest BCUT2D eigenvalue weighted by Crippen LogP contribution is 2.23. The quantitative estimate of drug-likeness (QED) is 0.767. The second kappa shape index (κ2) is 4.73. The zero-order chi connectivity index (χ0) is 14.2. The summed E-state index contributed by atoms with van der Waals surface area (Å²) in [7, 11) is 0. The third kappa shape index (κ3) is 2.51. The maximum atomic E-state index is 11.9. The van der Waals surface area contributed by atoms with Crippen LogP contribution in [0, 0.1) is 0 Å². The van der Waals surface area contributed by atoms with Gasteiger partial charge in [-0.2, -0.15) is 0 Å². The van der Waals surface area contributed by atoms with E-state index in [9.17, 15) is 19.8 Å². The molecule has 0 aromatic heterocycles. The van der Waals surface area contributed by atoms with E-state index in [0.29, 0.717) is 5.06 Å². The first-order valence-corrected chi connectivity index (χ1v) is 5.83. The van der Waals surface area contributed by atoms with Crippen LogP contribution in [0.15, 0.2) is 24.3 Å². The van der Waals surface area contributed by atoms with Gasteiger partial charge in [0.05, 0.1) is 16.7 Å². The molecule has 0 bridgehead atoms. The summed E-state index contributed by atoms with van der Waals surface area (Å²) in [5.41, 5.74) is -0.839. The minimum atomic E-state index is -1.38. The lowest BCUT2D eigenvalue weighted by molar-refractivity contribution is -0.151. The summed E-state index contributed by atoms with van der Waals surface area (Å²) in [5.74, 6) is -1.13. The van der Waals surface area contributed by atoms with Gasteiger partial charge in [0.25, 0.3) is 11.8 Å². The van der Waals surface area contributed by atoms with Gasteiger partial charge in [-0.15, -0.1) is 5.06 Å². The number of imide groups is 1. The smallest absolute Gasteiger partial charge is 0.285 e. The third-order valence-electron chi connectivity index (χ3n) is 2.93. The van der Waals surface area contributed by atoms with Crippen molar-refractivity contribution in [3.63, 3.8) is 0 Å². The lowest BCUT2D eigenvalue weighted by atomic mass is 10.0. The van der Waals surface area contributed by atoms with Gasteiger partial charge in [0.15, 0.2) is 0 Å². The Balaban J connectivity index is 2.09. The molecule has 0 radical (unpaired) electrons. The molecule has 0 saturated carbocycles. The maximum Gasteiger partial charge on any atom is 0.285 e.